The summed E-state index contributed by atoms with van der Waals surface area (Å²) in [6, 6.07) is 24.6. The molecule has 6 heterocycles. The highest BCUT2D eigenvalue weighted by Crippen LogP contribution is 2.33. The molecule has 3 aromatic heterocycles. The van der Waals surface area contributed by atoms with E-state index in [1.165, 1.54) is 11.4 Å². The Morgan fingerprint density at radius 3 is 2.17 bits per heavy atom. The van der Waals surface area contributed by atoms with Crippen molar-refractivity contribution in [1.29, 1.82) is 0 Å². The molecule has 0 spiro atoms. The van der Waals surface area contributed by atoms with Crippen molar-refractivity contribution in [2.24, 2.45) is 5.92 Å². The predicted molar refractivity (Wildman–Crippen MR) is 244 cm³/mol. The molecule has 3 saturated heterocycles. The van der Waals surface area contributed by atoms with Gasteiger partial charge in [-0.3, -0.25) is 24.7 Å². The summed E-state index contributed by atoms with van der Waals surface area (Å²) < 4.78 is 5.25. The first kappa shape index (κ1) is 41.7. The van der Waals surface area contributed by atoms with Crippen LogP contribution in [0.4, 0.5) is 21.9 Å². The zero-order chi connectivity index (χ0) is 43.8. The molecule has 3 fully saturated rings. The first-order valence-electron chi connectivity index (χ1n) is 22.0. The average Bonchev–Trinajstić information content (AvgIpc) is 3.97. The number of benzene rings is 3. The number of carbonyl (C=O) groups is 3. The van der Waals surface area contributed by atoms with Crippen LogP contribution in [0.1, 0.15) is 80.6 Å². The van der Waals surface area contributed by atoms with Gasteiger partial charge in [-0.15, -0.1) is 0 Å². The van der Waals surface area contributed by atoms with Crippen LogP contribution >= 0.6 is 0 Å². The molecule has 9 rings (SSSR count). The third-order valence-electron chi connectivity index (χ3n) is 12.7. The van der Waals surface area contributed by atoms with Gasteiger partial charge in [0.1, 0.15) is 12.0 Å². The number of rotatable bonds is 10. The number of nitrogens with one attached hydrogen (secondary N) is 3. The summed E-state index contributed by atoms with van der Waals surface area (Å²) in [6.45, 7) is 17.6. The van der Waals surface area contributed by atoms with Crippen molar-refractivity contribution >= 4 is 45.9 Å². The van der Waals surface area contributed by atoms with Gasteiger partial charge in [0.2, 0.25) is 5.91 Å². The van der Waals surface area contributed by atoms with Gasteiger partial charge in [-0.1, -0.05) is 50.2 Å². The second-order valence-corrected chi connectivity index (χ2v) is 18.1. The number of amides is 4. The summed E-state index contributed by atoms with van der Waals surface area (Å²) in [5.74, 6) is 0.501. The minimum absolute atomic E-state index is 0.0454. The lowest BCUT2D eigenvalue weighted by Gasteiger charge is -2.40. The number of piperazine rings is 1. The molecule has 0 bridgehead atoms. The number of urea groups is 1. The lowest BCUT2D eigenvalue weighted by Crippen LogP contribution is -2.49. The normalized spacial score (nSPS) is 17.3. The van der Waals surface area contributed by atoms with E-state index in [1.54, 1.807) is 11.2 Å². The number of fused-ring (bicyclic) bond motifs is 1. The largest absolute Gasteiger partial charge is 0.372 e. The van der Waals surface area contributed by atoms with Crippen molar-refractivity contribution < 1.29 is 18.9 Å². The van der Waals surface area contributed by atoms with Gasteiger partial charge in [-0.2, -0.15) is 4.98 Å². The van der Waals surface area contributed by atoms with Crippen molar-refractivity contribution in [3.63, 3.8) is 0 Å². The van der Waals surface area contributed by atoms with Crippen molar-refractivity contribution in [1.82, 2.24) is 40.6 Å². The van der Waals surface area contributed by atoms with Gasteiger partial charge in [0.05, 0.1) is 11.7 Å². The Balaban J connectivity index is 0.768. The summed E-state index contributed by atoms with van der Waals surface area (Å²) in [5.41, 5.74) is 9.56. The van der Waals surface area contributed by atoms with Crippen LogP contribution in [0, 0.1) is 12.8 Å². The van der Waals surface area contributed by atoms with Gasteiger partial charge >= 0.3 is 17.8 Å². The number of hydrogen-bond donors (Lipinski definition) is 3. The molecule has 6 aromatic rings. The fourth-order valence-electron chi connectivity index (χ4n) is 9.02. The summed E-state index contributed by atoms with van der Waals surface area (Å²) >= 11 is 0. The number of aryl methyl sites for hydroxylation is 1. The van der Waals surface area contributed by atoms with Gasteiger partial charge in [0.25, 0.3) is 0 Å². The van der Waals surface area contributed by atoms with Crippen LogP contribution in [0.5, 0.6) is 0 Å². The predicted octanol–water partition coefficient (Wildman–Crippen LogP) is 7.26. The number of imide groups is 1. The number of nitrogens with zero attached hydrogens (tertiary/aromatic N) is 8. The number of piperidine rings is 1. The maximum atomic E-state index is 12.9. The highest BCUT2D eigenvalue weighted by molar-refractivity contribution is 6.05. The smallest absolute Gasteiger partial charge is 0.328 e. The van der Waals surface area contributed by atoms with Crippen molar-refractivity contribution in [2.45, 2.75) is 65.3 Å². The van der Waals surface area contributed by atoms with E-state index in [0.717, 1.165) is 109 Å². The second kappa shape index (κ2) is 17.3. The molecule has 0 saturated carbocycles. The number of hydrogen-bond acceptors (Lipinski definition) is 11. The maximum Gasteiger partial charge on any atom is 0.328 e. The van der Waals surface area contributed by atoms with Crippen LogP contribution < -0.4 is 25.3 Å². The molecule has 1 atom stereocenters. The lowest BCUT2D eigenvalue weighted by atomic mass is 9.95. The summed E-state index contributed by atoms with van der Waals surface area (Å²) in [6.07, 6.45) is 4.25. The molecule has 3 aliphatic heterocycles. The maximum absolute atomic E-state index is 12.9. The van der Waals surface area contributed by atoms with Crippen LogP contribution in [-0.4, -0.2) is 100 Å². The Bertz CT molecular complexity index is 2620. The molecule has 326 valence electrons. The molecule has 3 aromatic carbocycles. The monoisotopic (exact) mass is 849 g/mol. The topological polar surface area (TPSA) is 169 Å². The van der Waals surface area contributed by atoms with E-state index in [4.69, 9.17) is 9.51 Å². The first-order chi connectivity index (χ1) is 30.4. The molecule has 0 aliphatic carbocycles. The fraction of sp³-hybridized carbons (Fsp3) is 0.396. The van der Waals surface area contributed by atoms with Gasteiger partial charge in [-0.25, -0.2) is 14.8 Å². The molecule has 0 radical (unpaired) electrons. The number of aromatic nitrogens is 5. The van der Waals surface area contributed by atoms with Crippen LogP contribution in [0.3, 0.4) is 0 Å². The molecular formula is C48H55N11O4. The van der Waals surface area contributed by atoms with E-state index < -0.39 is 5.91 Å². The standard InChI is InChI=1S/C48H55N11O4/c1-30-26-34(8-15-38(30)31(2)51-44(61)45-54-46(55-63-45)48(3,4)5)42-39-27-40(52-43(39)50-29-49-42)33-6-9-35(10-7-33)58-24-22-56(23-25-58)28-32-16-19-57(20-17-32)36-11-13-37(14-12-36)59-21-18-41(60)53-47(59)62/h6-15,26-27,29,31-32H,16-25,28H2,1-5H3,(H,51,61)(H,49,50,52)(H,53,60,62). The van der Waals surface area contributed by atoms with E-state index in [2.05, 4.69) is 94.0 Å². The minimum atomic E-state index is -0.406. The Hall–Kier alpha value is -6.61. The van der Waals surface area contributed by atoms with E-state index in [9.17, 15) is 14.4 Å². The lowest BCUT2D eigenvalue weighted by molar-refractivity contribution is -0.120. The number of anilines is 3. The molecular weight excluding hydrogens is 795 g/mol. The number of carbonyl (C=O) groups excluding carboxylic acids is 3. The van der Waals surface area contributed by atoms with Gasteiger partial charge in [0.15, 0.2) is 5.82 Å². The van der Waals surface area contributed by atoms with Gasteiger partial charge in [-0.05, 0) is 97.8 Å². The summed E-state index contributed by atoms with van der Waals surface area (Å²) in [7, 11) is 0. The first-order valence-corrected chi connectivity index (χ1v) is 22.0. The van der Waals surface area contributed by atoms with Gasteiger partial charge < -0.3 is 24.6 Å². The Morgan fingerprint density at radius 2 is 1.51 bits per heavy atom. The third-order valence-corrected chi connectivity index (χ3v) is 12.7. The van der Waals surface area contributed by atoms with E-state index in [-0.39, 0.29) is 29.3 Å². The zero-order valence-corrected chi connectivity index (χ0v) is 36.6. The van der Waals surface area contributed by atoms with Crippen LogP contribution in [-0.2, 0) is 10.2 Å². The van der Waals surface area contributed by atoms with E-state index in [0.29, 0.717) is 24.7 Å². The van der Waals surface area contributed by atoms with E-state index >= 15 is 0 Å². The van der Waals surface area contributed by atoms with Crippen LogP contribution in [0.15, 0.2) is 83.6 Å². The second-order valence-electron chi connectivity index (χ2n) is 18.1. The molecule has 4 amide bonds. The zero-order valence-electron chi connectivity index (χ0n) is 36.6. The Labute approximate surface area is 367 Å². The molecule has 63 heavy (non-hydrogen) atoms. The molecule has 15 nitrogen and oxygen atoms in total. The minimum Gasteiger partial charge on any atom is -0.372 e. The number of aromatic amines is 1. The van der Waals surface area contributed by atoms with Crippen molar-refractivity contribution in [3.05, 3.63) is 102 Å². The molecule has 3 N–H and O–H groups in total. The van der Waals surface area contributed by atoms with Crippen LogP contribution in [0.25, 0.3) is 33.5 Å². The van der Waals surface area contributed by atoms with Crippen molar-refractivity contribution in [2.75, 3.05) is 67.1 Å². The molecule has 3 aliphatic rings. The highest BCUT2D eigenvalue weighted by Gasteiger charge is 2.28. The molecule has 1 unspecified atom stereocenters. The summed E-state index contributed by atoms with van der Waals surface area (Å²) in [5, 5.41) is 10.3. The van der Waals surface area contributed by atoms with E-state index in [1.807, 2.05) is 58.9 Å². The van der Waals surface area contributed by atoms with Gasteiger partial charge in [0, 0.05) is 97.9 Å². The quantitative estimate of drug-likeness (QED) is 0.127. The SMILES string of the molecule is Cc1cc(-c2ncnc3[nH]c(-c4ccc(N5CCN(CC6CCN(c7ccc(N8CCC(=O)NC8=O)cc7)CC6)CC5)cc4)cc23)ccc1C(C)NC(=O)c1nc(C(C)(C)C)no1. The Morgan fingerprint density at radius 1 is 0.841 bits per heavy atom. The van der Waals surface area contributed by atoms with Crippen molar-refractivity contribution in [3.8, 4) is 22.5 Å². The highest BCUT2D eigenvalue weighted by atomic mass is 16.5. The third kappa shape index (κ3) is 9.01. The average molecular weight is 850 g/mol. The van der Waals surface area contributed by atoms with Crippen LogP contribution in [0.2, 0.25) is 0 Å². The number of H-pyrrole nitrogens is 1. The summed E-state index contributed by atoms with van der Waals surface area (Å²) in [4.78, 5) is 63.0. The molecule has 15 heteroatoms. The fourth-order valence-corrected chi connectivity index (χ4v) is 9.02. The Kier molecular flexibility index (Phi) is 11.4.